The molecule has 0 bridgehead atoms. The van der Waals surface area contributed by atoms with Gasteiger partial charge in [0.1, 0.15) is 5.03 Å². The zero-order valence-electron chi connectivity index (χ0n) is 9.46. The Hall–Kier alpha value is -1.75. The fourth-order valence-electron chi connectivity index (χ4n) is 1.31. The summed E-state index contributed by atoms with van der Waals surface area (Å²) in [6, 6.07) is 5.62. The van der Waals surface area contributed by atoms with Crippen molar-refractivity contribution in [3.63, 3.8) is 0 Å². The highest BCUT2D eigenvalue weighted by atomic mass is 32.2. The Morgan fingerprint density at radius 1 is 1.35 bits per heavy atom. The summed E-state index contributed by atoms with van der Waals surface area (Å²) in [5.74, 6) is 0.774. The minimum Gasteiger partial charge on any atom is -0.491 e. The smallest absolute Gasteiger partial charge is 0.151 e. The molecule has 17 heavy (non-hydrogen) atoms. The van der Waals surface area contributed by atoms with Gasteiger partial charge in [0, 0.05) is 17.3 Å². The molecule has 5 heteroatoms. The molecule has 0 aliphatic heterocycles. The van der Waals surface area contributed by atoms with Gasteiger partial charge >= 0.3 is 0 Å². The Balaban J connectivity index is 2.27. The van der Waals surface area contributed by atoms with Crippen molar-refractivity contribution < 1.29 is 4.74 Å². The zero-order chi connectivity index (χ0) is 12.1. The van der Waals surface area contributed by atoms with Crippen molar-refractivity contribution >= 4 is 17.4 Å². The molecule has 2 N–H and O–H groups in total. The van der Waals surface area contributed by atoms with E-state index in [1.54, 1.807) is 18.6 Å². The van der Waals surface area contributed by atoms with Gasteiger partial charge < -0.3 is 10.5 Å². The first-order valence-corrected chi connectivity index (χ1v) is 6.08. The first-order chi connectivity index (χ1) is 8.31. The number of aromatic nitrogens is 2. The maximum atomic E-state index is 5.84. The summed E-state index contributed by atoms with van der Waals surface area (Å²) >= 11 is 1.48. The highest BCUT2D eigenvalue weighted by Gasteiger charge is 2.08. The zero-order valence-corrected chi connectivity index (χ0v) is 10.3. The number of rotatable bonds is 4. The predicted octanol–water partition coefficient (Wildman–Crippen LogP) is 2.61. The molecule has 88 valence electrons. The molecule has 2 aromatic heterocycles. The largest absolute Gasteiger partial charge is 0.491 e. The molecule has 4 nitrogen and oxygen atoms in total. The molecule has 0 atom stereocenters. The van der Waals surface area contributed by atoms with Crippen molar-refractivity contribution in [2.75, 3.05) is 12.3 Å². The molecule has 0 saturated carbocycles. The second-order valence-corrected chi connectivity index (χ2v) is 4.29. The Morgan fingerprint density at radius 3 is 3.00 bits per heavy atom. The van der Waals surface area contributed by atoms with Crippen molar-refractivity contribution in [3.05, 3.63) is 36.8 Å². The number of ether oxygens (including phenoxy) is 1. The molecule has 0 fully saturated rings. The Morgan fingerprint density at radius 2 is 2.24 bits per heavy atom. The third-order valence-corrected chi connectivity index (χ3v) is 3.14. The normalized spacial score (nSPS) is 10.2. The number of nitrogen functional groups attached to an aromatic ring is 1. The average Bonchev–Trinajstić information content (AvgIpc) is 2.35. The van der Waals surface area contributed by atoms with Crippen molar-refractivity contribution in [3.8, 4) is 5.75 Å². The molecule has 0 amide bonds. The number of anilines is 1. The second kappa shape index (κ2) is 5.54. The topological polar surface area (TPSA) is 61.0 Å². The highest BCUT2D eigenvalue weighted by Crippen LogP contribution is 2.35. The highest BCUT2D eigenvalue weighted by molar-refractivity contribution is 7.99. The van der Waals surface area contributed by atoms with Crippen LogP contribution in [0.25, 0.3) is 0 Å². The predicted molar refractivity (Wildman–Crippen MR) is 68.2 cm³/mol. The van der Waals surface area contributed by atoms with Gasteiger partial charge in [-0.15, -0.1) is 0 Å². The van der Waals surface area contributed by atoms with Gasteiger partial charge in [-0.25, -0.2) is 4.98 Å². The molecule has 2 heterocycles. The Bertz CT molecular complexity index is 505. The van der Waals surface area contributed by atoms with E-state index in [1.165, 1.54) is 11.8 Å². The van der Waals surface area contributed by atoms with E-state index in [2.05, 4.69) is 9.97 Å². The summed E-state index contributed by atoms with van der Waals surface area (Å²) in [5, 5.41) is 0.812. The minimum atomic E-state index is 0.616. The second-order valence-electron chi connectivity index (χ2n) is 3.26. The molecule has 0 radical (unpaired) electrons. The molecular weight excluding hydrogens is 234 g/mol. The van der Waals surface area contributed by atoms with Crippen LogP contribution < -0.4 is 10.5 Å². The van der Waals surface area contributed by atoms with Crippen LogP contribution in [-0.2, 0) is 0 Å². The van der Waals surface area contributed by atoms with E-state index in [0.717, 1.165) is 15.7 Å². The fourth-order valence-corrected chi connectivity index (χ4v) is 2.16. The first kappa shape index (κ1) is 11.7. The molecule has 0 aliphatic carbocycles. The number of hydrogen-bond acceptors (Lipinski definition) is 5. The average molecular weight is 247 g/mol. The minimum absolute atomic E-state index is 0.616. The molecule has 0 aromatic carbocycles. The van der Waals surface area contributed by atoms with Gasteiger partial charge in [-0.2, -0.15) is 0 Å². The van der Waals surface area contributed by atoms with Crippen molar-refractivity contribution in [1.29, 1.82) is 0 Å². The van der Waals surface area contributed by atoms with Crippen LogP contribution in [-0.4, -0.2) is 16.6 Å². The summed E-state index contributed by atoms with van der Waals surface area (Å²) < 4.78 is 5.51. The molecule has 0 unspecified atom stereocenters. The van der Waals surface area contributed by atoms with E-state index < -0.39 is 0 Å². The Labute approximate surface area is 104 Å². The molecule has 0 saturated heterocycles. The molecule has 2 rings (SSSR count). The van der Waals surface area contributed by atoms with Crippen LogP contribution in [0.1, 0.15) is 6.92 Å². The quantitative estimate of drug-likeness (QED) is 0.899. The number of hydrogen-bond donors (Lipinski definition) is 1. The van der Waals surface area contributed by atoms with Gasteiger partial charge in [-0.3, -0.25) is 4.98 Å². The lowest BCUT2D eigenvalue weighted by Crippen LogP contribution is -1.95. The summed E-state index contributed by atoms with van der Waals surface area (Å²) in [6.07, 6.45) is 5.08. The number of nitrogens with zero attached hydrogens (tertiary/aromatic N) is 2. The summed E-state index contributed by atoms with van der Waals surface area (Å²) in [6.45, 7) is 2.56. The van der Waals surface area contributed by atoms with Gasteiger partial charge in [0.2, 0.25) is 0 Å². The molecule has 0 spiro atoms. The first-order valence-electron chi connectivity index (χ1n) is 5.26. The monoisotopic (exact) mass is 247 g/mol. The van der Waals surface area contributed by atoms with Crippen molar-refractivity contribution in [2.24, 2.45) is 0 Å². The van der Waals surface area contributed by atoms with E-state index in [4.69, 9.17) is 10.5 Å². The number of pyridine rings is 2. The maximum absolute atomic E-state index is 5.84. The third-order valence-electron chi connectivity index (χ3n) is 2.05. The van der Waals surface area contributed by atoms with Crippen molar-refractivity contribution in [2.45, 2.75) is 16.8 Å². The van der Waals surface area contributed by atoms with E-state index >= 15 is 0 Å². The fraction of sp³-hybridized carbons (Fsp3) is 0.167. The Kier molecular flexibility index (Phi) is 3.82. The van der Waals surface area contributed by atoms with Crippen LogP contribution >= 0.6 is 11.8 Å². The van der Waals surface area contributed by atoms with Gasteiger partial charge in [0.25, 0.3) is 0 Å². The van der Waals surface area contributed by atoms with E-state index in [1.807, 2.05) is 25.1 Å². The van der Waals surface area contributed by atoms with Crippen LogP contribution in [0.15, 0.2) is 46.7 Å². The number of nitrogens with two attached hydrogens (primary N) is 1. The lowest BCUT2D eigenvalue weighted by atomic mass is 10.4. The lowest BCUT2D eigenvalue weighted by molar-refractivity contribution is 0.329. The lowest BCUT2D eigenvalue weighted by Gasteiger charge is -2.09. The van der Waals surface area contributed by atoms with Gasteiger partial charge in [0.15, 0.2) is 5.75 Å². The molecule has 0 aliphatic rings. The van der Waals surface area contributed by atoms with Crippen LogP contribution in [0, 0.1) is 0 Å². The van der Waals surface area contributed by atoms with E-state index in [0.29, 0.717) is 12.3 Å². The van der Waals surface area contributed by atoms with Gasteiger partial charge in [-0.05, 0) is 25.1 Å². The third kappa shape index (κ3) is 2.88. The van der Waals surface area contributed by atoms with Crippen LogP contribution in [0.5, 0.6) is 5.75 Å². The van der Waals surface area contributed by atoms with Crippen LogP contribution in [0.2, 0.25) is 0 Å². The van der Waals surface area contributed by atoms with Gasteiger partial charge in [-0.1, -0.05) is 11.8 Å². The SMILES string of the molecule is CCOc1cccnc1Sc1ccncc1N. The standard InChI is InChI=1S/C12H13N3OS/c1-2-16-10-4-3-6-15-12(10)17-11-5-7-14-8-9(11)13/h3-8H,2,13H2,1H3. The molecule has 2 aromatic rings. The van der Waals surface area contributed by atoms with Crippen molar-refractivity contribution in [1.82, 2.24) is 9.97 Å². The van der Waals surface area contributed by atoms with Crippen LogP contribution in [0.4, 0.5) is 5.69 Å². The van der Waals surface area contributed by atoms with E-state index in [-0.39, 0.29) is 0 Å². The van der Waals surface area contributed by atoms with E-state index in [9.17, 15) is 0 Å². The summed E-state index contributed by atoms with van der Waals surface area (Å²) in [4.78, 5) is 9.18. The van der Waals surface area contributed by atoms with Crippen LogP contribution in [0.3, 0.4) is 0 Å². The molecular formula is C12H13N3OS. The maximum Gasteiger partial charge on any atom is 0.151 e. The summed E-state index contributed by atoms with van der Waals surface area (Å²) in [7, 11) is 0. The summed E-state index contributed by atoms with van der Waals surface area (Å²) in [5.41, 5.74) is 6.48. The van der Waals surface area contributed by atoms with Gasteiger partial charge in [0.05, 0.1) is 18.5 Å².